The third-order valence-electron chi connectivity index (χ3n) is 6.62. The maximum atomic E-state index is 13.2. The Morgan fingerprint density at radius 1 is 1.11 bits per heavy atom. The van der Waals surface area contributed by atoms with Crippen LogP contribution in [0.4, 0.5) is 0 Å². The number of benzene rings is 1. The Balaban J connectivity index is 1.47. The van der Waals surface area contributed by atoms with Crippen molar-refractivity contribution in [1.82, 2.24) is 13.5 Å². The van der Waals surface area contributed by atoms with E-state index in [1.165, 1.54) is 8.61 Å². The van der Waals surface area contributed by atoms with E-state index in [4.69, 9.17) is 0 Å². The van der Waals surface area contributed by atoms with Crippen molar-refractivity contribution in [3.63, 3.8) is 0 Å². The molecule has 7 heteroatoms. The van der Waals surface area contributed by atoms with Gasteiger partial charge >= 0.3 is 0 Å². The topological polar surface area (TPSA) is 60.9 Å². The number of amides is 1. The van der Waals surface area contributed by atoms with Gasteiger partial charge in [-0.15, -0.1) is 0 Å². The van der Waals surface area contributed by atoms with E-state index in [0.29, 0.717) is 31.2 Å². The highest BCUT2D eigenvalue weighted by Gasteiger charge is 2.51. The van der Waals surface area contributed by atoms with Crippen LogP contribution >= 0.6 is 0 Å². The number of likely N-dealkylation sites (tertiary alicyclic amines) is 1. The molecule has 2 bridgehead atoms. The van der Waals surface area contributed by atoms with Gasteiger partial charge in [0.15, 0.2) is 0 Å². The van der Waals surface area contributed by atoms with Crippen LogP contribution in [0.3, 0.4) is 0 Å². The predicted octanol–water partition coefficient (Wildman–Crippen LogP) is 2.72. The normalized spacial score (nSPS) is 32.0. The van der Waals surface area contributed by atoms with Crippen LogP contribution in [0.1, 0.15) is 56.0 Å². The summed E-state index contributed by atoms with van der Waals surface area (Å²) in [6.45, 7) is 9.13. The summed E-state index contributed by atoms with van der Waals surface area (Å²) in [4.78, 5) is 15.2. The first-order valence-electron chi connectivity index (χ1n) is 10.1. The summed E-state index contributed by atoms with van der Waals surface area (Å²) >= 11 is 0. The van der Waals surface area contributed by atoms with Crippen molar-refractivity contribution in [3.05, 3.63) is 35.4 Å². The molecule has 1 aliphatic carbocycles. The molecule has 1 unspecified atom stereocenters. The minimum absolute atomic E-state index is 0.103. The molecular formula is C21H31N3O3S. The molecule has 6 nitrogen and oxygen atoms in total. The van der Waals surface area contributed by atoms with E-state index >= 15 is 0 Å². The first-order valence-corrected chi connectivity index (χ1v) is 11.5. The molecule has 3 fully saturated rings. The Hall–Kier alpha value is -1.44. The fourth-order valence-corrected chi connectivity index (χ4v) is 6.99. The second-order valence-corrected chi connectivity index (χ2v) is 12.0. The first-order chi connectivity index (χ1) is 13.0. The average Bonchev–Trinajstić information content (AvgIpc) is 3.00. The molecule has 1 aromatic carbocycles. The number of likely N-dealkylation sites (N-methyl/N-ethyl adjacent to an activating group) is 1. The number of nitrogens with zero attached hydrogens (tertiary/aromatic N) is 3. The maximum Gasteiger partial charge on any atom is 0.282 e. The Morgan fingerprint density at radius 3 is 2.39 bits per heavy atom. The zero-order valence-corrected chi connectivity index (χ0v) is 18.1. The minimum Gasteiger partial charge on any atom is -0.335 e. The summed E-state index contributed by atoms with van der Waals surface area (Å²) in [6.07, 6.45) is 3.32. The molecule has 2 saturated heterocycles. The molecule has 2 heterocycles. The van der Waals surface area contributed by atoms with Gasteiger partial charge in [-0.1, -0.05) is 32.9 Å². The molecule has 1 amide bonds. The monoisotopic (exact) mass is 405 g/mol. The molecular weight excluding hydrogens is 374 g/mol. The highest BCUT2D eigenvalue weighted by atomic mass is 32.2. The quantitative estimate of drug-likeness (QED) is 0.777. The molecule has 3 aliphatic rings. The van der Waals surface area contributed by atoms with Crippen LogP contribution in [0.15, 0.2) is 24.3 Å². The first kappa shape index (κ1) is 19.9. The van der Waals surface area contributed by atoms with E-state index < -0.39 is 10.2 Å². The number of carbonyl (C=O) groups is 1. The lowest BCUT2D eigenvalue weighted by Crippen LogP contribution is -2.37. The Bertz CT molecular complexity index is 881. The lowest BCUT2D eigenvalue weighted by molar-refractivity contribution is 0.0708. The molecule has 1 saturated carbocycles. The van der Waals surface area contributed by atoms with Crippen molar-refractivity contribution in [1.29, 1.82) is 0 Å². The van der Waals surface area contributed by atoms with E-state index in [-0.39, 0.29) is 16.7 Å². The molecule has 0 aromatic heterocycles. The fraction of sp³-hybridized carbons (Fsp3) is 0.667. The number of carbonyl (C=O) groups excluding carboxylic acids is 1. The summed E-state index contributed by atoms with van der Waals surface area (Å²) in [7, 11) is -1.74. The van der Waals surface area contributed by atoms with E-state index in [2.05, 4.69) is 25.7 Å². The van der Waals surface area contributed by atoms with Crippen molar-refractivity contribution < 1.29 is 13.2 Å². The summed E-state index contributed by atoms with van der Waals surface area (Å²) in [5.74, 6) is 0.103. The van der Waals surface area contributed by atoms with Crippen molar-refractivity contribution in [3.8, 4) is 0 Å². The van der Waals surface area contributed by atoms with Gasteiger partial charge in [0.05, 0.1) is 0 Å². The van der Waals surface area contributed by atoms with Gasteiger partial charge in [0.1, 0.15) is 0 Å². The lowest BCUT2D eigenvalue weighted by Gasteiger charge is -2.39. The molecule has 4 rings (SSSR count). The summed E-state index contributed by atoms with van der Waals surface area (Å²) in [5.41, 5.74) is 2.10. The highest BCUT2D eigenvalue weighted by molar-refractivity contribution is 7.86. The van der Waals surface area contributed by atoms with Gasteiger partial charge in [-0.2, -0.15) is 17.0 Å². The highest BCUT2D eigenvalue weighted by Crippen LogP contribution is 2.52. The van der Waals surface area contributed by atoms with Gasteiger partial charge in [0.25, 0.3) is 16.1 Å². The summed E-state index contributed by atoms with van der Waals surface area (Å²) < 4.78 is 27.3. The van der Waals surface area contributed by atoms with Crippen LogP contribution in [-0.2, 0) is 16.8 Å². The van der Waals surface area contributed by atoms with Crippen LogP contribution in [0.5, 0.6) is 0 Å². The summed E-state index contributed by atoms with van der Waals surface area (Å²) in [6, 6.07) is 7.79. The minimum atomic E-state index is -3.34. The van der Waals surface area contributed by atoms with E-state index in [1.54, 1.807) is 7.05 Å². The van der Waals surface area contributed by atoms with Gasteiger partial charge < -0.3 is 4.90 Å². The standard InChI is InChI=1S/C21H31N3O3S/c1-20(2)11-18-12-21(3,14-20)15-24(18)19(25)17-7-5-16(6-8-17)13-23-10-9-22(4)28(23,26)27/h5-8,18H,9-15H2,1-4H3/t18-,21?/m1/s1. The number of hydrogen-bond donors (Lipinski definition) is 0. The number of fused-ring (bicyclic) bond motifs is 2. The van der Waals surface area contributed by atoms with Gasteiger partial charge in [-0.25, -0.2) is 0 Å². The van der Waals surface area contributed by atoms with Crippen LogP contribution in [0.25, 0.3) is 0 Å². The summed E-state index contributed by atoms with van der Waals surface area (Å²) in [5, 5.41) is 0. The van der Waals surface area contributed by atoms with Gasteiger partial charge in [-0.3, -0.25) is 4.79 Å². The SMILES string of the molecule is CN1CCN(Cc2ccc(C(=O)N3CC4(C)C[C@H]3CC(C)(C)C4)cc2)S1(=O)=O. The maximum absolute atomic E-state index is 13.2. The zero-order valence-electron chi connectivity index (χ0n) is 17.3. The largest absolute Gasteiger partial charge is 0.335 e. The molecule has 0 radical (unpaired) electrons. The molecule has 1 aromatic rings. The third-order valence-corrected chi connectivity index (χ3v) is 8.55. The van der Waals surface area contributed by atoms with E-state index in [9.17, 15) is 13.2 Å². The number of hydrogen-bond acceptors (Lipinski definition) is 3. The van der Waals surface area contributed by atoms with Crippen LogP contribution in [0, 0.1) is 10.8 Å². The second-order valence-electron chi connectivity index (χ2n) is 10.0. The van der Waals surface area contributed by atoms with Crippen molar-refractivity contribution in [2.45, 2.75) is 52.6 Å². The molecule has 2 atom stereocenters. The number of rotatable bonds is 3. The van der Waals surface area contributed by atoms with Gasteiger partial charge in [0, 0.05) is 44.8 Å². The molecule has 154 valence electrons. The van der Waals surface area contributed by atoms with Gasteiger partial charge in [0.2, 0.25) is 0 Å². The lowest BCUT2D eigenvalue weighted by atomic mass is 9.65. The smallest absolute Gasteiger partial charge is 0.282 e. The molecule has 0 spiro atoms. The zero-order chi connectivity index (χ0) is 20.3. The van der Waals surface area contributed by atoms with E-state index in [1.807, 2.05) is 24.3 Å². The van der Waals surface area contributed by atoms with Crippen LogP contribution in [-0.4, -0.2) is 60.6 Å². The van der Waals surface area contributed by atoms with Crippen molar-refractivity contribution in [2.75, 3.05) is 26.7 Å². The van der Waals surface area contributed by atoms with Gasteiger partial charge in [-0.05, 0) is 47.8 Å². The van der Waals surface area contributed by atoms with Crippen molar-refractivity contribution >= 4 is 16.1 Å². The third kappa shape index (κ3) is 3.48. The average molecular weight is 406 g/mol. The molecule has 28 heavy (non-hydrogen) atoms. The molecule has 0 N–H and O–H groups in total. The molecule has 2 aliphatic heterocycles. The van der Waals surface area contributed by atoms with Crippen LogP contribution < -0.4 is 0 Å². The van der Waals surface area contributed by atoms with Crippen LogP contribution in [0.2, 0.25) is 0 Å². The fourth-order valence-electron chi connectivity index (χ4n) is 5.66. The Morgan fingerprint density at radius 2 is 1.79 bits per heavy atom. The van der Waals surface area contributed by atoms with E-state index in [0.717, 1.165) is 31.4 Å². The Kier molecular flexibility index (Phi) is 4.64. The second kappa shape index (κ2) is 6.54. The predicted molar refractivity (Wildman–Crippen MR) is 109 cm³/mol. The Labute approximate surface area is 168 Å². The van der Waals surface area contributed by atoms with Crippen molar-refractivity contribution in [2.24, 2.45) is 10.8 Å².